The van der Waals surface area contributed by atoms with Gasteiger partial charge in [0.25, 0.3) is 0 Å². The lowest BCUT2D eigenvalue weighted by Gasteiger charge is -2.26. The highest BCUT2D eigenvalue weighted by molar-refractivity contribution is 7.17. The minimum atomic E-state index is 0.0228. The van der Waals surface area contributed by atoms with Gasteiger partial charge in [-0.3, -0.25) is 4.79 Å². The van der Waals surface area contributed by atoms with Crippen LogP contribution < -0.4 is 10.3 Å². The van der Waals surface area contributed by atoms with Gasteiger partial charge in [0.05, 0.1) is 5.56 Å². The van der Waals surface area contributed by atoms with Gasteiger partial charge < -0.3 is 9.32 Å². The third-order valence-electron chi connectivity index (χ3n) is 4.21. The molecule has 3 heterocycles. The fourth-order valence-corrected chi connectivity index (χ4v) is 3.78. The first-order chi connectivity index (χ1) is 11.8. The SMILES string of the molecule is O=c1cc(N2CCCCC2)oc2c(C#Cc3ccccc3)csc12. The van der Waals surface area contributed by atoms with Crippen LogP contribution in [0.1, 0.15) is 30.4 Å². The average molecular weight is 335 g/mol. The van der Waals surface area contributed by atoms with Crippen molar-refractivity contribution in [1.82, 2.24) is 0 Å². The summed E-state index contributed by atoms with van der Waals surface area (Å²) in [6.07, 6.45) is 3.54. The van der Waals surface area contributed by atoms with Crippen LogP contribution in [0.5, 0.6) is 0 Å². The van der Waals surface area contributed by atoms with Gasteiger partial charge in [-0.2, -0.15) is 0 Å². The Bertz CT molecular complexity index is 970. The summed E-state index contributed by atoms with van der Waals surface area (Å²) in [6, 6.07) is 11.5. The van der Waals surface area contributed by atoms with Crippen LogP contribution in [0.25, 0.3) is 10.3 Å². The van der Waals surface area contributed by atoms with Crippen LogP contribution in [0.15, 0.2) is 51.0 Å². The number of piperidine rings is 1. The molecule has 0 bridgehead atoms. The number of rotatable bonds is 1. The zero-order valence-electron chi connectivity index (χ0n) is 13.2. The van der Waals surface area contributed by atoms with Crippen LogP contribution >= 0.6 is 11.3 Å². The standard InChI is InChI=1S/C20H17NO2S/c22-17-13-18(21-11-5-2-6-12-21)23-19-16(14-24-20(17)19)10-9-15-7-3-1-4-8-15/h1,3-4,7-8,13-14H,2,5-6,11-12H2. The molecule has 1 saturated heterocycles. The van der Waals surface area contributed by atoms with E-state index < -0.39 is 0 Å². The minimum Gasteiger partial charge on any atom is -0.438 e. The Morgan fingerprint density at radius 3 is 2.62 bits per heavy atom. The molecular weight excluding hydrogens is 318 g/mol. The van der Waals surface area contributed by atoms with Crippen molar-refractivity contribution in [3.8, 4) is 11.8 Å². The maximum Gasteiger partial charge on any atom is 0.204 e. The second-order valence-corrected chi connectivity index (χ2v) is 6.80. The van der Waals surface area contributed by atoms with Gasteiger partial charge in [-0.1, -0.05) is 30.0 Å². The van der Waals surface area contributed by atoms with Crippen molar-refractivity contribution in [2.45, 2.75) is 19.3 Å². The second kappa shape index (κ2) is 6.54. The largest absolute Gasteiger partial charge is 0.438 e. The van der Waals surface area contributed by atoms with Crippen LogP contribution in [0.4, 0.5) is 5.88 Å². The molecule has 0 unspecified atom stereocenters. The predicted octanol–water partition coefficient (Wildman–Crippen LogP) is 4.24. The van der Waals surface area contributed by atoms with Crippen molar-refractivity contribution < 1.29 is 4.42 Å². The Hall–Kier alpha value is -2.51. The maximum atomic E-state index is 12.4. The third kappa shape index (κ3) is 2.95. The van der Waals surface area contributed by atoms with Crippen molar-refractivity contribution in [2.75, 3.05) is 18.0 Å². The van der Waals surface area contributed by atoms with E-state index in [1.54, 1.807) is 6.07 Å². The Labute approximate surface area is 144 Å². The first-order valence-electron chi connectivity index (χ1n) is 8.18. The van der Waals surface area contributed by atoms with Gasteiger partial charge >= 0.3 is 0 Å². The van der Waals surface area contributed by atoms with E-state index in [0.717, 1.165) is 37.1 Å². The van der Waals surface area contributed by atoms with E-state index in [1.165, 1.54) is 17.8 Å². The van der Waals surface area contributed by atoms with Gasteiger partial charge in [0, 0.05) is 30.1 Å². The van der Waals surface area contributed by atoms with E-state index in [2.05, 4.69) is 16.7 Å². The van der Waals surface area contributed by atoms with Gasteiger partial charge in [-0.15, -0.1) is 11.3 Å². The first-order valence-corrected chi connectivity index (χ1v) is 9.06. The lowest BCUT2D eigenvalue weighted by atomic mass is 10.1. The lowest BCUT2D eigenvalue weighted by molar-refractivity contribution is 0.513. The molecule has 1 fully saturated rings. The molecule has 0 N–H and O–H groups in total. The number of thiophene rings is 1. The van der Waals surface area contributed by atoms with E-state index >= 15 is 0 Å². The molecule has 0 aliphatic carbocycles. The van der Waals surface area contributed by atoms with Crippen LogP contribution in [0.3, 0.4) is 0 Å². The van der Waals surface area contributed by atoms with Crippen LogP contribution in [0.2, 0.25) is 0 Å². The molecule has 0 saturated carbocycles. The smallest absolute Gasteiger partial charge is 0.204 e. The molecule has 0 radical (unpaired) electrons. The van der Waals surface area contributed by atoms with Crippen molar-refractivity contribution in [3.05, 3.63) is 63.1 Å². The molecule has 1 aromatic carbocycles. The van der Waals surface area contributed by atoms with Crippen LogP contribution in [0, 0.1) is 11.8 Å². The lowest BCUT2D eigenvalue weighted by Crippen LogP contribution is -2.29. The van der Waals surface area contributed by atoms with Gasteiger partial charge in [-0.25, -0.2) is 0 Å². The van der Waals surface area contributed by atoms with Crippen LogP contribution in [-0.4, -0.2) is 13.1 Å². The fourth-order valence-electron chi connectivity index (χ4n) is 2.95. The van der Waals surface area contributed by atoms with E-state index in [0.29, 0.717) is 16.2 Å². The fraction of sp³-hybridized carbons (Fsp3) is 0.250. The zero-order valence-corrected chi connectivity index (χ0v) is 14.1. The molecule has 4 heteroatoms. The summed E-state index contributed by atoms with van der Waals surface area (Å²) in [6.45, 7) is 1.90. The number of hydrogen-bond donors (Lipinski definition) is 0. The topological polar surface area (TPSA) is 33.5 Å². The zero-order chi connectivity index (χ0) is 16.4. The highest BCUT2D eigenvalue weighted by atomic mass is 32.1. The summed E-state index contributed by atoms with van der Waals surface area (Å²) < 4.78 is 6.72. The summed E-state index contributed by atoms with van der Waals surface area (Å²) >= 11 is 1.40. The molecule has 0 amide bonds. The van der Waals surface area contributed by atoms with E-state index in [1.807, 2.05) is 35.7 Å². The number of fused-ring (bicyclic) bond motifs is 1. The monoisotopic (exact) mass is 335 g/mol. The number of anilines is 1. The van der Waals surface area contributed by atoms with E-state index in [4.69, 9.17) is 4.42 Å². The van der Waals surface area contributed by atoms with Crippen molar-refractivity contribution in [1.29, 1.82) is 0 Å². The maximum absolute atomic E-state index is 12.4. The highest BCUT2D eigenvalue weighted by Gasteiger charge is 2.17. The first kappa shape index (κ1) is 15.0. The summed E-state index contributed by atoms with van der Waals surface area (Å²) in [5.74, 6) is 6.96. The molecular formula is C20H17NO2S. The van der Waals surface area contributed by atoms with Gasteiger partial charge in [-0.05, 0) is 31.4 Å². The average Bonchev–Trinajstić information content (AvgIpc) is 3.05. The van der Waals surface area contributed by atoms with E-state index in [9.17, 15) is 4.79 Å². The quantitative estimate of drug-likeness (QED) is 0.624. The molecule has 3 aromatic rings. The molecule has 1 aliphatic rings. The molecule has 4 rings (SSSR count). The van der Waals surface area contributed by atoms with Crippen molar-refractivity contribution in [2.24, 2.45) is 0 Å². The van der Waals surface area contributed by atoms with E-state index in [-0.39, 0.29) is 5.43 Å². The Morgan fingerprint density at radius 2 is 1.83 bits per heavy atom. The normalized spacial score (nSPS) is 14.4. The molecule has 1 aliphatic heterocycles. The Morgan fingerprint density at radius 1 is 1.04 bits per heavy atom. The third-order valence-corrected chi connectivity index (χ3v) is 5.19. The molecule has 24 heavy (non-hydrogen) atoms. The van der Waals surface area contributed by atoms with Gasteiger partial charge in [0.2, 0.25) is 5.43 Å². The number of nitrogens with zero attached hydrogens (tertiary/aromatic N) is 1. The molecule has 2 aromatic heterocycles. The summed E-state index contributed by atoms with van der Waals surface area (Å²) in [4.78, 5) is 14.6. The molecule has 0 spiro atoms. The Kier molecular flexibility index (Phi) is 4.10. The van der Waals surface area contributed by atoms with Gasteiger partial charge in [0.1, 0.15) is 4.70 Å². The second-order valence-electron chi connectivity index (χ2n) is 5.92. The minimum absolute atomic E-state index is 0.0228. The summed E-state index contributed by atoms with van der Waals surface area (Å²) in [5.41, 5.74) is 2.38. The summed E-state index contributed by atoms with van der Waals surface area (Å²) in [7, 11) is 0. The molecule has 0 atom stereocenters. The van der Waals surface area contributed by atoms with Crippen LogP contribution in [-0.2, 0) is 0 Å². The number of hydrogen-bond acceptors (Lipinski definition) is 4. The van der Waals surface area contributed by atoms with Crippen molar-refractivity contribution in [3.63, 3.8) is 0 Å². The predicted molar refractivity (Wildman–Crippen MR) is 98.8 cm³/mol. The molecule has 3 nitrogen and oxygen atoms in total. The Balaban J connectivity index is 1.76. The highest BCUT2D eigenvalue weighted by Crippen LogP contribution is 2.28. The van der Waals surface area contributed by atoms with Gasteiger partial charge in [0.15, 0.2) is 11.5 Å². The summed E-state index contributed by atoms with van der Waals surface area (Å²) in [5, 5.41) is 1.91. The number of benzene rings is 1. The molecule has 120 valence electrons. The van der Waals surface area contributed by atoms with Crippen molar-refractivity contribution >= 4 is 27.5 Å².